The summed E-state index contributed by atoms with van der Waals surface area (Å²) in [6, 6.07) is 15.1. The van der Waals surface area contributed by atoms with Crippen LogP contribution in [0.25, 0.3) is 11.0 Å². The molecule has 0 spiro atoms. The normalized spacial score (nSPS) is 16.6. The molecule has 2 amide bonds. The van der Waals surface area contributed by atoms with E-state index in [-0.39, 0.29) is 18.2 Å². The zero-order valence-corrected chi connectivity index (χ0v) is 15.9. The van der Waals surface area contributed by atoms with E-state index in [4.69, 9.17) is 4.74 Å². The van der Waals surface area contributed by atoms with Crippen LogP contribution in [0, 0.1) is 5.92 Å². The maximum Gasteiger partial charge on any atom is 0.232 e. The van der Waals surface area contributed by atoms with Gasteiger partial charge in [0.05, 0.1) is 24.1 Å². The molecule has 1 N–H and O–H groups in total. The van der Waals surface area contributed by atoms with Gasteiger partial charge in [0.2, 0.25) is 17.8 Å². The van der Waals surface area contributed by atoms with Crippen LogP contribution in [0.15, 0.2) is 48.5 Å². The molecule has 3 aromatic rings. The number of anilines is 2. The average Bonchev–Trinajstić information content (AvgIpc) is 3.27. The summed E-state index contributed by atoms with van der Waals surface area (Å²) in [5.74, 6) is 0.501. The van der Waals surface area contributed by atoms with E-state index in [1.54, 1.807) is 18.1 Å². The van der Waals surface area contributed by atoms with E-state index in [2.05, 4.69) is 10.3 Å². The van der Waals surface area contributed by atoms with Gasteiger partial charge in [-0.25, -0.2) is 4.98 Å². The van der Waals surface area contributed by atoms with Gasteiger partial charge in [-0.2, -0.15) is 0 Å². The highest BCUT2D eigenvalue weighted by molar-refractivity contribution is 6.03. The van der Waals surface area contributed by atoms with Crippen molar-refractivity contribution < 1.29 is 14.3 Å². The molecule has 1 saturated heterocycles. The van der Waals surface area contributed by atoms with Crippen LogP contribution in [0.1, 0.15) is 13.3 Å². The number of fused-ring (bicyclic) bond motifs is 1. The number of amides is 2. The minimum Gasteiger partial charge on any atom is -0.497 e. The van der Waals surface area contributed by atoms with Crippen molar-refractivity contribution in [3.8, 4) is 5.75 Å². The predicted octanol–water partition coefficient (Wildman–Crippen LogP) is 3.06. The minimum atomic E-state index is -0.427. The third-order valence-electron chi connectivity index (χ3n) is 5.07. The quantitative estimate of drug-likeness (QED) is 0.740. The van der Waals surface area contributed by atoms with E-state index >= 15 is 0 Å². The summed E-state index contributed by atoms with van der Waals surface area (Å²) < 4.78 is 7.19. The number of benzene rings is 2. The number of ether oxygens (including phenoxy) is 1. The molecule has 0 radical (unpaired) electrons. The first-order valence-electron chi connectivity index (χ1n) is 9.31. The summed E-state index contributed by atoms with van der Waals surface area (Å²) in [6.07, 6.45) is 0.176. The Morgan fingerprint density at radius 3 is 2.86 bits per heavy atom. The number of rotatable bonds is 5. The van der Waals surface area contributed by atoms with Crippen molar-refractivity contribution >= 4 is 34.5 Å². The van der Waals surface area contributed by atoms with E-state index < -0.39 is 5.92 Å². The predicted molar refractivity (Wildman–Crippen MR) is 107 cm³/mol. The van der Waals surface area contributed by atoms with Crippen LogP contribution >= 0.6 is 0 Å². The van der Waals surface area contributed by atoms with Crippen molar-refractivity contribution in [1.82, 2.24) is 9.55 Å². The Morgan fingerprint density at radius 1 is 1.25 bits per heavy atom. The molecule has 1 atom stereocenters. The summed E-state index contributed by atoms with van der Waals surface area (Å²) in [4.78, 5) is 31.5. The zero-order valence-electron chi connectivity index (χ0n) is 15.9. The van der Waals surface area contributed by atoms with Crippen molar-refractivity contribution in [3.63, 3.8) is 0 Å². The van der Waals surface area contributed by atoms with Crippen LogP contribution in [0.3, 0.4) is 0 Å². The topological polar surface area (TPSA) is 76.5 Å². The van der Waals surface area contributed by atoms with Gasteiger partial charge in [-0.3, -0.25) is 14.9 Å². The van der Waals surface area contributed by atoms with Gasteiger partial charge in [0, 0.05) is 31.3 Å². The molecule has 4 rings (SSSR count). The summed E-state index contributed by atoms with van der Waals surface area (Å²) in [5.41, 5.74) is 2.54. The Hall–Kier alpha value is -3.35. The smallest absolute Gasteiger partial charge is 0.232 e. The van der Waals surface area contributed by atoms with Crippen molar-refractivity contribution in [2.45, 2.75) is 19.9 Å². The van der Waals surface area contributed by atoms with Crippen molar-refractivity contribution in [2.24, 2.45) is 5.92 Å². The van der Waals surface area contributed by atoms with Gasteiger partial charge in [0.25, 0.3) is 0 Å². The summed E-state index contributed by atoms with van der Waals surface area (Å²) in [7, 11) is 1.58. The molecule has 1 fully saturated rings. The Labute approximate surface area is 162 Å². The van der Waals surface area contributed by atoms with Crippen LogP contribution < -0.4 is 15.0 Å². The fourth-order valence-electron chi connectivity index (χ4n) is 3.61. The second-order valence-electron chi connectivity index (χ2n) is 6.76. The Bertz CT molecular complexity index is 1040. The molecule has 1 unspecified atom stereocenters. The lowest BCUT2D eigenvalue weighted by Crippen LogP contribution is -2.28. The van der Waals surface area contributed by atoms with E-state index in [9.17, 15) is 9.59 Å². The van der Waals surface area contributed by atoms with Gasteiger partial charge in [-0.15, -0.1) is 0 Å². The van der Waals surface area contributed by atoms with Crippen LogP contribution in [0.2, 0.25) is 0 Å². The fraction of sp³-hybridized carbons (Fsp3) is 0.286. The third-order valence-corrected chi connectivity index (χ3v) is 5.07. The number of para-hydroxylation sites is 2. The first-order valence-corrected chi connectivity index (χ1v) is 9.31. The summed E-state index contributed by atoms with van der Waals surface area (Å²) in [5, 5.41) is 2.92. The van der Waals surface area contributed by atoms with Gasteiger partial charge < -0.3 is 14.2 Å². The lowest BCUT2D eigenvalue weighted by atomic mass is 10.1. The minimum absolute atomic E-state index is 0.0719. The van der Waals surface area contributed by atoms with Crippen molar-refractivity contribution in [1.29, 1.82) is 0 Å². The Kier molecular flexibility index (Phi) is 4.73. The SMILES string of the molecule is CCn1c(NC(=O)C2CC(=O)N(c3cccc(OC)c3)C2)nc2ccccc21. The highest BCUT2D eigenvalue weighted by Crippen LogP contribution is 2.29. The number of nitrogens with zero attached hydrogens (tertiary/aromatic N) is 3. The fourth-order valence-corrected chi connectivity index (χ4v) is 3.61. The number of hydrogen-bond acceptors (Lipinski definition) is 4. The van der Waals surface area contributed by atoms with E-state index in [1.165, 1.54) is 0 Å². The van der Waals surface area contributed by atoms with Gasteiger partial charge in [-0.05, 0) is 31.2 Å². The second kappa shape index (κ2) is 7.34. The Morgan fingerprint density at radius 2 is 2.07 bits per heavy atom. The zero-order chi connectivity index (χ0) is 19.7. The number of nitrogens with one attached hydrogen (secondary N) is 1. The number of hydrogen-bond donors (Lipinski definition) is 1. The van der Waals surface area contributed by atoms with Crippen LogP contribution in [0.5, 0.6) is 5.75 Å². The number of aryl methyl sites for hydroxylation is 1. The molecule has 2 heterocycles. The molecule has 0 saturated carbocycles. The summed E-state index contributed by atoms with van der Waals surface area (Å²) in [6.45, 7) is 3.03. The van der Waals surface area contributed by atoms with E-state index in [0.717, 1.165) is 16.7 Å². The van der Waals surface area contributed by atoms with Gasteiger partial charge >= 0.3 is 0 Å². The maximum atomic E-state index is 12.8. The molecule has 1 aliphatic rings. The van der Waals surface area contributed by atoms with Gasteiger partial charge in [-0.1, -0.05) is 18.2 Å². The molecule has 7 heteroatoms. The monoisotopic (exact) mass is 378 g/mol. The van der Waals surface area contributed by atoms with Crippen molar-refractivity contribution in [3.05, 3.63) is 48.5 Å². The van der Waals surface area contributed by atoms with Gasteiger partial charge in [0.1, 0.15) is 5.75 Å². The van der Waals surface area contributed by atoms with Crippen LogP contribution in [-0.2, 0) is 16.1 Å². The molecule has 0 aliphatic carbocycles. The van der Waals surface area contributed by atoms with E-state index in [1.807, 2.05) is 54.0 Å². The summed E-state index contributed by atoms with van der Waals surface area (Å²) >= 11 is 0. The Balaban J connectivity index is 1.52. The largest absolute Gasteiger partial charge is 0.497 e. The number of carbonyl (C=O) groups excluding carboxylic acids is 2. The molecule has 0 bridgehead atoms. The molecule has 7 nitrogen and oxygen atoms in total. The van der Waals surface area contributed by atoms with Crippen LogP contribution in [0.4, 0.5) is 11.6 Å². The highest BCUT2D eigenvalue weighted by atomic mass is 16.5. The highest BCUT2D eigenvalue weighted by Gasteiger charge is 2.35. The molecule has 144 valence electrons. The van der Waals surface area contributed by atoms with Gasteiger partial charge in [0.15, 0.2) is 0 Å². The first-order chi connectivity index (χ1) is 13.6. The molecular weight excluding hydrogens is 356 g/mol. The lowest BCUT2D eigenvalue weighted by molar-refractivity contribution is -0.122. The first kappa shape index (κ1) is 18.0. The number of methoxy groups -OCH3 is 1. The lowest BCUT2D eigenvalue weighted by Gasteiger charge is -2.17. The third kappa shape index (κ3) is 3.19. The molecule has 1 aromatic heterocycles. The number of aromatic nitrogens is 2. The average molecular weight is 378 g/mol. The maximum absolute atomic E-state index is 12.8. The van der Waals surface area contributed by atoms with Crippen molar-refractivity contribution in [2.75, 3.05) is 23.9 Å². The van der Waals surface area contributed by atoms with E-state index in [0.29, 0.717) is 24.8 Å². The molecule has 28 heavy (non-hydrogen) atoms. The number of imidazole rings is 1. The van der Waals surface area contributed by atoms with Crippen LogP contribution in [-0.4, -0.2) is 35.0 Å². The molecule has 2 aromatic carbocycles. The molecule has 1 aliphatic heterocycles. The molecular formula is C21H22N4O3. The standard InChI is InChI=1S/C21H22N4O3/c1-3-24-18-10-5-4-9-17(18)22-21(24)23-20(27)14-11-19(26)25(13-14)15-7-6-8-16(12-15)28-2/h4-10,12,14H,3,11,13H2,1-2H3,(H,22,23,27). The number of carbonyl (C=O) groups is 2. The second-order valence-corrected chi connectivity index (χ2v) is 6.76.